The molecular formula is C13H20N2O3. The lowest BCUT2D eigenvalue weighted by atomic mass is 10.0. The Bertz CT molecular complexity index is 419. The van der Waals surface area contributed by atoms with E-state index in [9.17, 15) is 4.79 Å². The summed E-state index contributed by atoms with van der Waals surface area (Å²) in [5, 5.41) is 2.75. The van der Waals surface area contributed by atoms with Gasteiger partial charge in [-0.25, -0.2) is 0 Å². The number of anilines is 1. The first kappa shape index (κ1) is 14.3. The Morgan fingerprint density at radius 2 is 1.94 bits per heavy atom. The Morgan fingerprint density at radius 1 is 1.28 bits per heavy atom. The number of benzene rings is 1. The largest absolute Gasteiger partial charge is 0.497 e. The molecule has 18 heavy (non-hydrogen) atoms. The fourth-order valence-corrected chi connectivity index (χ4v) is 1.42. The number of methoxy groups -OCH3 is 2. The first-order chi connectivity index (χ1) is 8.49. The molecule has 0 heterocycles. The predicted molar refractivity (Wildman–Crippen MR) is 71.0 cm³/mol. The van der Waals surface area contributed by atoms with Crippen LogP contribution in [0.2, 0.25) is 0 Å². The third kappa shape index (κ3) is 3.37. The topological polar surface area (TPSA) is 73.6 Å². The Labute approximate surface area is 107 Å². The van der Waals surface area contributed by atoms with Crippen LogP contribution in [0.5, 0.6) is 11.5 Å². The summed E-state index contributed by atoms with van der Waals surface area (Å²) >= 11 is 0. The molecule has 0 fully saturated rings. The molecule has 1 aromatic rings. The highest BCUT2D eigenvalue weighted by molar-refractivity contribution is 5.96. The van der Waals surface area contributed by atoms with Gasteiger partial charge in [-0.3, -0.25) is 4.79 Å². The van der Waals surface area contributed by atoms with Gasteiger partial charge in [0.25, 0.3) is 0 Å². The van der Waals surface area contributed by atoms with Gasteiger partial charge in [0.2, 0.25) is 5.91 Å². The molecule has 0 bridgehead atoms. The third-order valence-electron chi connectivity index (χ3n) is 2.69. The van der Waals surface area contributed by atoms with Gasteiger partial charge in [-0.2, -0.15) is 0 Å². The Balaban J connectivity index is 2.87. The average Bonchev–Trinajstić information content (AvgIpc) is 2.37. The first-order valence-electron chi connectivity index (χ1n) is 5.78. The summed E-state index contributed by atoms with van der Waals surface area (Å²) in [5.74, 6) is 1.05. The Hall–Kier alpha value is -1.75. The number of rotatable bonds is 5. The van der Waals surface area contributed by atoms with Crippen LogP contribution in [-0.4, -0.2) is 26.2 Å². The van der Waals surface area contributed by atoms with Gasteiger partial charge in [0, 0.05) is 6.07 Å². The lowest BCUT2D eigenvalue weighted by molar-refractivity contribution is -0.118. The standard InChI is InChI=1S/C13H20N2O3/c1-8(2)12(14)13(16)15-10-6-5-9(17-3)7-11(10)18-4/h5-8,12H,14H2,1-4H3,(H,15,16)/t12-/m1/s1. The second kappa shape index (κ2) is 6.26. The van der Waals surface area contributed by atoms with Crippen LogP contribution in [0.15, 0.2) is 18.2 Å². The summed E-state index contributed by atoms with van der Waals surface area (Å²) in [6.45, 7) is 3.80. The minimum Gasteiger partial charge on any atom is -0.497 e. The van der Waals surface area contributed by atoms with E-state index < -0.39 is 6.04 Å². The zero-order chi connectivity index (χ0) is 13.7. The van der Waals surface area contributed by atoms with Crippen LogP contribution >= 0.6 is 0 Å². The maximum atomic E-state index is 11.9. The SMILES string of the molecule is COc1ccc(NC(=O)[C@H](N)C(C)C)c(OC)c1. The number of amides is 1. The molecule has 0 spiro atoms. The quantitative estimate of drug-likeness (QED) is 0.835. The van der Waals surface area contributed by atoms with Gasteiger partial charge in [0.1, 0.15) is 11.5 Å². The molecule has 1 rings (SSSR count). The Kier molecular flexibility index (Phi) is 4.97. The minimum atomic E-state index is -0.545. The van der Waals surface area contributed by atoms with Crippen LogP contribution in [0.25, 0.3) is 0 Å². The van der Waals surface area contributed by atoms with E-state index in [1.54, 1.807) is 25.3 Å². The molecule has 0 aliphatic carbocycles. The third-order valence-corrected chi connectivity index (χ3v) is 2.69. The number of nitrogens with two attached hydrogens (primary N) is 1. The maximum Gasteiger partial charge on any atom is 0.241 e. The Morgan fingerprint density at radius 3 is 2.44 bits per heavy atom. The summed E-state index contributed by atoms with van der Waals surface area (Å²) in [6.07, 6.45) is 0. The molecule has 5 nitrogen and oxygen atoms in total. The lowest BCUT2D eigenvalue weighted by Crippen LogP contribution is -2.39. The van der Waals surface area contributed by atoms with E-state index in [2.05, 4.69) is 5.32 Å². The summed E-state index contributed by atoms with van der Waals surface area (Å²) < 4.78 is 10.3. The van der Waals surface area contributed by atoms with Gasteiger partial charge in [-0.05, 0) is 18.1 Å². The number of carbonyl (C=O) groups is 1. The predicted octanol–water partition coefficient (Wildman–Crippen LogP) is 1.63. The zero-order valence-electron chi connectivity index (χ0n) is 11.2. The van der Waals surface area contributed by atoms with Gasteiger partial charge in [-0.1, -0.05) is 13.8 Å². The molecule has 3 N–H and O–H groups in total. The highest BCUT2D eigenvalue weighted by Gasteiger charge is 2.18. The lowest BCUT2D eigenvalue weighted by Gasteiger charge is -2.17. The minimum absolute atomic E-state index is 0.0780. The first-order valence-corrected chi connectivity index (χ1v) is 5.78. The van der Waals surface area contributed by atoms with Crippen molar-refractivity contribution in [2.75, 3.05) is 19.5 Å². The molecule has 0 radical (unpaired) electrons. The second-order valence-electron chi connectivity index (χ2n) is 4.33. The van der Waals surface area contributed by atoms with E-state index in [0.29, 0.717) is 17.2 Å². The number of hydrogen-bond acceptors (Lipinski definition) is 4. The molecule has 0 aliphatic heterocycles. The average molecular weight is 252 g/mol. The highest BCUT2D eigenvalue weighted by atomic mass is 16.5. The van der Waals surface area contributed by atoms with Gasteiger partial charge in [-0.15, -0.1) is 0 Å². The van der Waals surface area contributed by atoms with Gasteiger partial charge in [0.15, 0.2) is 0 Å². The molecule has 1 aromatic carbocycles. The van der Waals surface area contributed by atoms with Crippen molar-refractivity contribution in [2.45, 2.75) is 19.9 Å². The number of carbonyl (C=O) groups excluding carboxylic acids is 1. The van der Waals surface area contributed by atoms with Crippen LogP contribution in [0, 0.1) is 5.92 Å². The molecular weight excluding hydrogens is 232 g/mol. The molecule has 1 atom stereocenters. The van der Waals surface area contributed by atoms with E-state index in [1.807, 2.05) is 13.8 Å². The molecule has 5 heteroatoms. The normalized spacial score (nSPS) is 12.1. The van der Waals surface area contributed by atoms with Crippen LogP contribution in [0.4, 0.5) is 5.69 Å². The summed E-state index contributed by atoms with van der Waals surface area (Å²) in [7, 11) is 3.11. The van der Waals surface area contributed by atoms with Crippen LogP contribution in [0.3, 0.4) is 0 Å². The molecule has 0 saturated heterocycles. The van der Waals surface area contributed by atoms with E-state index in [0.717, 1.165) is 0 Å². The number of ether oxygens (including phenoxy) is 2. The smallest absolute Gasteiger partial charge is 0.241 e. The van der Waals surface area contributed by atoms with Crippen molar-refractivity contribution in [1.29, 1.82) is 0 Å². The van der Waals surface area contributed by atoms with Crippen molar-refractivity contribution in [3.63, 3.8) is 0 Å². The van der Waals surface area contributed by atoms with E-state index >= 15 is 0 Å². The van der Waals surface area contributed by atoms with E-state index in [4.69, 9.17) is 15.2 Å². The number of nitrogens with one attached hydrogen (secondary N) is 1. The molecule has 0 saturated carbocycles. The van der Waals surface area contributed by atoms with Gasteiger partial charge < -0.3 is 20.5 Å². The van der Waals surface area contributed by atoms with E-state index in [-0.39, 0.29) is 11.8 Å². The van der Waals surface area contributed by atoms with Gasteiger partial charge in [0.05, 0.1) is 25.9 Å². The van der Waals surface area contributed by atoms with Crippen molar-refractivity contribution in [2.24, 2.45) is 11.7 Å². The van der Waals surface area contributed by atoms with Crippen LogP contribution in [0.1, 0.15) is 13.8 Å². The fraction of sp³-hybridized carbons (Fsp3) is 0.462. The van der Waals surface area contributed by atoms with Gasteiger partial charge >= 0.3 is 0 Å². The van der Waals surface area contributed by atoms with Crippen molar-refractivity contribution in [1.82, 2.24) is 0 Å². The molecule has 0 unspecified atom stereocenters. The zero-order valence-corrected chi connectivity index (χ0v) is 11.2. The monoisotopic (exact) mass is 252 g/mol. The van der Waals surface area contributed by atoms with E-state index in [1.165, 1.54) is 7.11 Å². The van der Waals surface area contributed by atoms with Crippen molar-refractivity contribution < 1.29 is 14.3 Å². The fourth-order valence-electron chi connectivity index (χ4n) is 1.42. The van der Waals surface area contributed by atoms with Crippen molar-refractivity contribution >= 4 is 11.6 Å². The summed E-state index contributed by atoms with van der Waals surface area (Å²) in [4.78, 5) is 11.9. The molecule has 0 aliphatic rings. The molecule has 100 valence electrons. The van der Waals surface area contributed by atoms with Crippen molar-refractivity contribution in [3.8, 4) is 11.5 Å². The van der Waals surface area contributed by atoms with Crippen molar-refractivity contribution in [3.05, 3.63) is 18.2 Å². The van der Waals surface area contributed by atoms with Crippen LogP contribution < -0.4 is 20.5 Å². The summed E-state index contributed by atoms with van der Waals surface area (Å²) in [5.41, 5.74) is 6.36. The van der Waals surface area contributed by atoms with Crippen LogP contribution in [-0.2, 0) is 4.79 Å². The summed E-state index contributed by atoms with van der Waals surface area (Å²) in [6, 6.07) is 4.63. The highest BCUT2D eigenvalue weighted by Crippen LogP contribution is 2.29. The maximum absolute atomic E-state index is 11.9. The molecule has 0 aromatic heterocycles. The molecule has 1 amide bonds. The number of hydrogen-bond donors (Lipinski definition) is 2. The second-order valence-corrected chi connectivity index (χ2v) is 4.33.